The molecule has 0 bridgehead atoms. The zero-order chi connectivity index (χ0) is 17.8. The molecule has 1 aliphatic rings. The Morgan fingerprint density at radius 3 is 2.48 bits per heavy atom. The van der Waals surface area contributed by atoms with E-state index < -0.39 is 0 Å². The number of rotatable bonds is 5. The van der Waals surface area contributed by atoms with Crippen molar-refractivity contribution < 1.29 is 18.3 Å². The van der Waals surface area contributed by atoms with Crippen LogP contribution in [0.1, 0.15) is 21.7 Å². The molecule has 0 radical (unpaired) electrons. The molecule has 0 spiro atoms. The molecule has 1 aliphatic heterocycles. The lowest BCUT2D eigenvalue weighted by molar-refractivity contribution is 0.0627. The lowest BCUT2D eigenvalue weighted by Crippen LogP contribution is -2.48. The van der Waals surface area contributed by atoms with E-state index >= 15 is 0 Å². The van der Waals surface area contributed by atoms with Gasteiger partial charge >= 0.3 is 0 Å². The number of halogens is 3. The smallest absolute Gasteiger partial charge is 0.257 e. The third-order valence-electron chi connectivity index (χ3n) is 4.38. The van der Waals surface area contributed by atoms with E-state index in [4.69, 9.17) is 14.9 Å². The van der Waals surface area contributed by atoms with Crippen LogP contribution in [0.25, 0.3) is 0 Å². The molecule has 1 saturated heterocycles. The molecule has 0 saturated carbocycles. The molecule has 0 atom stereocenters. The average Bonchev–Trinajstić information content (AvgIpc) is 3.11. The summed E-state index contributed by atoms with van der Waals surface area (Å²) in [5.41, 5.74) is 6.93. The van der Waals surface area contributed by atoms with Gasteiger partial charge in [-0.15, -0.1) is 24.8 Å². The van der Waals surface area contributed by atoms with Gasteiger partial charge in [-0.3, -0.25) is 9.69 Å². The number of amides is 1. The molecule has 1 amide bonds. The van der Waals surface area contributed by atoms with Gasteiger partial charge in [-0.1, -0.05) is 6.07 Å². The highest BCUT2D eigenvalue weighted by molar-refractivity contribution is 5.94. The Morgan fingerprint density at radius 1 is 1.22 bits per heavy atom. The van der Waals surface area contributed by atoms with Gasteiger partial charge in [0.1, 0.15) is 12.0 Å². The highest BCUT2D eigenvalue weighted by atomic mass is 35.5. The monoisotopic (exact) mass is 419 g/mol. The fourth-order valence-electron chi connectivity index (χ4n) is 2.96. The van der Waals surface area contributed by atoms with E-state index in [2.05, 4.69) is 4.90 Å². The second-order valence-corrected chi connectivity index (χ2v) is 6.04. The van der Waals surface area contributed by atoms with Crippen LogP contribution in [-0.2, 0) is 13.1 Å². The van der Waals surface area contributed by atoms with E-state index in [-0.39, 0.29) is 48.8 Å². The molecule has 2 heterocycles. The first kappa shape index (κ1) is 23.2. The van der Waals surface area contributed by atoms with Gasteiger partial charge in [0.15, 0.2) is 11.6 Å². The number of methoxy groups -OCH3 is 1. The number of benzene rings is 1. The Hall–Kier alpha value is -1.80. The predicted molar refractivity (Wildman–Crippen MR) is 105 cm³/mol. The quantitative estimate of drug-likeness (QED) is 0.806. The first-order chi connectivity index (χ1) is 12.1. The summed E-state index contributed by atoms with van der Waals surface area (Å²) in [5.74, 6) is 0.447. The van der Waals surface area contributed by atoms with Crippen LogP contribution in [0.5, 0.6) is 5.75 Å². The second kappa shape index (κ2) is 10.5. The van der Waals surface area contributed by atoms with Gasteiger partial charge in [0, 0.05) is 32.7 Å². The fourth-order valence-corrected chi connectivity index (χ4v) is 2.96. The molecule has 6 nitrogen and oxygen atoms in total. The first-order valence-corrected chi connectivity index (χ1v) is 8.22. The maximum Gasteiger partial charge on any atom is 0.257 e. The Morgan fingerprint density at radius 2 is 1.93 bits per heavy atom. The van der Waals surface area contributed by atoms with Crippen molar-refractivity contribution in [3.05, 3.63) is 53.2 Å². The number of hydrogen-bond donors (Lipinski definition) is 1. The molecule has 0 aliphatic carbocycles. The van der Waals surface area contributed by atoms with E-state index in [1.807, 2.05) is 6.07 Å². The zero-order valence-electron chi connectivity index (χ0n) is 15.0. The number of nitrogens with two attached hydrogens (primary N) is 1. The van der Waals surface area contributed by atoms with E-state index in [0.29, 0.717) is 31.0 Å². The zero-order valence-corrected chi connectivity index (χ0v) is 16.7. The summed E-state index contributed by atoms with van der Waals surface area (Å²) in [7, 11) is 1.45. The third kappa shape index (κ3) is 5.59. The molecular formula is C18H24Cl2FN3O3. The SMILES string of the molecule is COc1ccc(CN2CCN(C(=O)c3coc(CN)c3)CC2)cc1F.Cl.Cl. The number of piperazine rings is 1. The largest absolute Gasteiger partial charge is 0.494 e. The van der Waals surface area contributed by atoms with Crippen LogP contribution < -0.4 is 10.5 Å². The van der Waals surface area contributed by atoms with Crippen molar-refractivity contribution in [2.75, 3.05) is 33.3 Å². The topological polar surface area (TPSA) is 71.9 Å². The van der Waals surface area contributed by atoms with Crippen LogP contribution in [0.3, 0.4) is 0 Å². The normalized spacial score (nSPS) is 14.3. The van der Waals surface area contributed by atoms with Crippen molar-refractivity contribution in [1.82, 2.24) is 9.80 Å². The average molecular weight is 420 g/mol. The molecule has 2 N–H and O–H groups in total. The summed E-state index contributed by atoms with van der Waals surface area (Å²) in [6.45, 7) is 3.65. The third-order valence-corrected chi connectivity index (χ3v) is 4.38. The van der Waals surface area contributed by atoms with Crippen molar-refractivity contribution in [3.8, 4) is 5.75 Å². The minimum atomic E-state index is -0.357. The van der Waals surface area contributed by atoms with Crippen molar-refractivity contribution in [2.24, 2.45) is 5.73 Å². The minimum Gasteiger partial charge on any atom is -0.494 e. The number of ether oxygens (including phenoxy) is 1. The molecule has 150 valence electrons. The van der Waals surface area contributed by atoms with Crippen LogP contribution in [-0.4, -0.2) is 49.0 Å². The highest BCUT2D eigenvalue weighted by Gasteiger charge is 2.23. The Labute approximate surface area is 170 Å². The van der Waals surface area contributed by atoms with Crippen molar-refractivity contribution in [2.45, 2.75) is 13.1 Å². The molecule has 0 unspecified atom stereocenters. The molecule has 1 fully saturated rings. The fraction of sp³-hybridized carbons (Fsp3) is 0.389. The van der Waals surface area contributed by atoms with Gasteiger partial charge in [0.25, 0.3) is 5.91 Å². The van der Waals surface area contributed by atoms with Gasteiger partial charge in [0.2, 0.25) is 0 Å². The number of furan rings is 1. The highest BCUT2D eigenvalue weighted by Crippen LogP contribution is 2.19. The maximum absolute atomic E-state index is 13.8. The molecule has 2 aromatic rings. The second-order valence-electron chi connectivity index (χ2n) is 6.04. The van der Waals surface area contributed by atoms with Gasteiger partial charge in [-0.25, -0.2) is 4.39 Å². The van der Waals surface area contributed by atoms with Crippen LogP contribution in [0.4, 0.5) is 4.39 Å². The maximum atomic E-state index is 13.8. The van der Waals surface area contributed by atoms with Crippen LogP contribution in [0.15, 0.2) is 34.9 Å². The van der Waals surface area contributed by atoms with Gasteiger partial charge in [-0.05, 0) is 23.8 Å². The standard InChI is InChI=1S/C18H22FN3O3.2ClH/c1-24-17-3-2-13(8-16(17)19)11-21-4-6-22(7-5-21)18(23)14-9-15(10-20)25-12-14;;/h2-3,8-9,12H,4-7,10-11,20H2,1H3;2*1H. The molecule has 27 heavy (non-hydrogen) atoms. The van der Waals surface area contributed by atoms with E-state index in [1.165, 1.54) is 19.4 Å². The van der Waals surface area contributed by atoms with Gasteiger partial charge in [0.05, 0.1) is 19.2 Å². The summed E-state index contributed by atoms with van der Waals surface area (Å²) in [6, 6.07) is 6.68. The summed E-state index contributed by atoms with van der Waals surface area (Å²) < 4.78 is 23.9. The minimum absolute atomic E-state index is 0. The molecule has 1 aromatic heterocycles. The summed E-state index contributed by atoms with van der Waals surface area (Å²) >= 11 is 0. The Balaban J connectivity index is 0.00000182. The van der Waals surface area contributed by atoms with Crippen molar-refractivity contribution in [3.63, 3.8) is 0 Å². The van der Waals surface area contributed by atoms with Gasteiger partial charge < -0.3 is 19.8 Å². The molecule has 3 rings (SSSR count). The lowest BCUT2D eigenvalue weighted by Gasteiger charge is -2.34. The van der Waals surface area contributed by atoms with Crippen molar-refractivity contribution in [1.29, 1.82) is 0 Å². The first-order valence-electron chi connectivity index (χ1n) is 8.22. The molecular weight excluding hydrogens is 396 g/mol. The predicted octanol–water partition coefficient (Wildman–Crippen LogP) is 2.69. The van der Waals surface area contributed by atoms with E-state index in [0.717, 1.165) is 18.7 Å². The number of hydrogen-bond acceptors (Lipinski definition) is 5. The summed E-state index contributed by atoms with van der Waals surface area (Å²) in [6.07, 6.45) is 1.46. The summed E-state index contributed by atoms with van der Waals surface area (Å²) in [5, 5.41) is 0. The van der Waals surface area contributed by atoms with E-state index in [1.54, 1.807) is 17.0 Å². The number of carbonyl (C=O) groups is 1. The number of nitrogens with zero attached hydrogens (tertiary/aromatic N) is 2. The van der Waals surface area contributed by atoms with Crippen LogP contribution >= 0.6 is 24.8 Å². The van der Waals surface area contributed by atoms with Gasteiger partial charge in [-0.2, -0.15) is 0 Å². The lowest BCUT2D eigenvalue weighted by atomic mass is 10.1. The Kier molecular flexibility index (Phi) is 9.05. The Bertz CT molecular complexity index is 749. The van der Waals surface area contributed by atoms with Crippen LogP contribution in [0, 0.1) is 5.82 Å². The van der Waals surface area contributed by atoms with E-state index in [9.17, 15) is 9.18 Å². The summed E-state index contributed by atoms with van der Waals surface area (Å²) in [4.78, 5) is 16.5. The molecule has 1 aromatic carbocycles. The number of carbonyl (C=O) groups excluding carboxylic acids is 1. The van der Waals surface area contributed by atoms with Crippen molar-refractivity contribution >= 4 is 30.7 Å². The van der Waals surface area contributed by atoms with Crippen LogP contribution in [0.2, 0.25) is 0 Å². The molecule has 9 heteroatoms.